The second kappa shape index (κ2) is 16.9. The maximum absolute atomic E-state index is 15.3. The minimum atomic E-state index is -4.06. The van der Waals surface area contributed by atoms with Crippen molar-refractivity contribution in [1.82, 2.24) is 9.57 Å². The van der Waals surface area contributed by atoms with Gasteiger partial charge in [0.15, 0.2) is 0 Å². The lowest BCUT2D eigenvalue weighted by molar-refractivity contribution is 0.160. The van der Waals surface area contributed by atoms with Gasteiger partial charge in [-0.1, -0.05) is 66.8 Å². The third kappa shape index (κ3) is 8.91. The Balaban J connectivity index is 2.12. The number of ether oxygens (including phenoxy) is 1. The summed E-state index contributed by atoms with van der Waals surface area (Å²) in [5, 5.41) is -2.53. The summed E-state index contributed by atoms with van der Waals surface area (Å²) in [6.45, 7) is 31.7. The Kier molecular flexibility index (Phi) is 13.8. The first-order valence-corrected chi connectivity index (χ1v) is 19.8. The molecule has 0 bridgehead atoms. The molecule has 10 heteroatoms. The lowest BCUT2D eigenvalue weighted by Crippen LogP contribution is -2.46. The second-order valence-corrected chi connectivity index (χ2v) is 18.5. The van der Waals surface area contributed by atoms with Gasteiger partial charge in [-0.2, -0.15) is 0 Å². The van der Waals surface area contributed by atoms with Crippen molar-refractivity contribution < 1.29 is 27.4 Å². The minimum Gasteiger partial charge on any atom is -0.475 e. The van der Waals surface area contributed by atoms with Gasteiger partial charge >= 0.3 is 15.1 Å². The van der Waals surface area contributed by atoms with Crippen molar-refractivity contribution in [3.63, 3.8) is 0 Å². The van der Waals surface area contributed by atoms with Gasteiger partial charge in [0.2, 0.25) is 5.34 Å². The highest BCUT2D eigenvalue weighted by Gasteiger charge is 2.52. The molecule has 0 heterocycles. The molecule has 0 aromatic heterocycles. The standard InChI is InChI=1S/C40H54N2O6P2/c1-13-26-41(27-14-2)39(9,10)50(44,48-38-33(7)22-18-23-34(38)8)46-36-25-19-24-35(30-36)45-40(11,12)49(43,42(28-15-3)29-16-4)47-37-31(5)20-17-21-32(37)6/h13-25,30H,1-4,26-29H2,5-12H3. The van der Waals surface area contributed by atoms with Crippen LogP contribution < -0.4 is 18.3 Å². The third-order valence-corrected chi connectivity index (χ3v) is 14.0. The quantitative estimate of drug-likeness (QED) is 0.0843. The van der Waals surface area contributed by atoms with Crippen LogP contribution in [0.3, 0.4) is 0 Å². The van der Waals surface area contributed by atoms with Crippen LogP contribution >= 0.6 is 15.1 Å². The Morgan fingerprint density at radius 2 is 1.04 bits per heavy atom. The summed E-state index contributed by atoms with van der Waals surface area (Å²) in [5.74, 6) is 1.60. The van der Waals surface area contributed by atoms with E-state index in [0.29, 0.717) is 30.3 Å². The Morgan fingerprint density at radius 1 is 0.620 bits per heavy atom. The molecule has 8 nitrogen and oxygen atoms in total. The zero-order valence-corrected chi connectivity index (χ0v) is 32.8. The Morgan fingerprint density at radius 3 is 1.50 bits per heavy atom. The lowest BCUT2D eigenvalue weighted by Gasteiger charge is -2.41. The number of rotatable bonds is 20. The van der Waals surface area contributed by atoms with Gasteiger partial charge in [0.1, 0.15) is 28.3 Å². The number of aryl methyl sites for hydroxylation is 4. The molecule has 3 aromatic carbocycles. The summed E-state index contributed by atoms with van der Waals surface area (Å²) in [4.78, 5) is 1.94. The molecule has 0 N–H and O–H groups in total. The zero-order chi connectivity index (χ0) is 37.3. The molecule has 0 aliphatic heterocycles. The molecule has 0 aliphatic rings. The molecule has 0 fully saturated rings. The molecule has 0 aliphatic carbocycles. The topological polar surface area (TPSA) is 77.5 Å². The lowest BCUT2D eigenvalue weighted by atomic mass is 10.1. The van der Waals surface area contributed by atoms with Crippen LogP contribution in [-0.4, -0.2) is 46.4 Å². The van der Waals surface area contributed by atoms with Crippen molar-refractivity contribution in [2.45, 2.75) is 66.0 Å². The van der Waals surface area contributed by atoms with Crippen molar-refractivity contribution >= 4 is 15.1 Å². The van der Waals surface area contributed by atoms with Crippen LogP contribution in [0.4, 0.5) is 0 Å². The number of nitrogens with zero attached hydrogens (tertiary/aromatic N) is 2. The summed E-state index contributed by atoms with van der Waals surface area (Å²) in [7, 11) is -7.92. The van der Waals surface area contributed by atoms with E-state index in [1.807, 2.05) is 82.8 Å². The SMILES string of the molecule is C=CCN(CC=C)C(C)(C)P(=O)(Oc1cccc(OC(C)(C)P(=O)(Oc2c(C)cccc2C)N(CC=C)CC=C)c1)Oc1c(C)cccc1C. The fourth-order valence-electron chi connectivity index (χ4n) is 5.55. The van der Waals surface area contributed by atoms with E-state index in [1.165, 1.54) is 0 Å². The van der Waals surface area contributed by atoms with Crippen LogP contribution in [0.2, 0.25) is 0 Å². The summed E-state index contributed by atoms with van der Waals surface area (Å²) < 4.78 is 58.2. The summed E-state index contributed by atoms with van der Waals surface area (Å²) in [6.07, 6.45) is 6.83. The first-order chi connectivity index (χ1) is 23.5. The predicted octanol–water partition coefficient (Wildman–Crippen LogP) is 11.0. The van der Waals surface area contributed by atoms with Crippen molar-refractivity contribution in [3.8, 4) is 23.0 Å². The normalized spacial score (nSPS) is 14.3. The van der Waals surface area contributed by atoms with Gasteiger partial charge < -0.3 is 18.3 Å². The van der Waals surface area contributed by atoms with E-state index >= 15 is 9.13 Å². The van der Waals surface area contributed by atoms with E-state index in [-0.39, 0.29) is 18.8 Å². The summed E-state index contributed by atoms with van der Waals surface area (Å²) >= 11 is 0. The largest absolute Gasteiger partial charge is 0.475 e. The second-order valence-electron chi connectivity index (χ2n) is 13.2. The molecule has 270 valence electrons. The molecule has 3 rings (SSSR count). The van der Waals surface area contributed by atoms with Crippen LogP contribution in [0.25, 0.3) is 0 Å². The number of hydrogen-bond donors (Lipinski definition) is 0. The Hall–Kier alpha value is -3.80. The maximum Gasteiger partial charge on any atom is 0.450 e. The van der Waals surface area contributed by atoms with Gasteiger partial charge in [0, 0.05) is 32.2 Å². The molecule has 50 heavy (non-hydrogen) atoms. The fourth-order valence-corrected chi connectivity index (χ4v) is 9.90. The highest BCUT2D eigenvalue weighted by molar-refractivity contribution is 7.58. The zero-order valence-electron chi connectivity index (χ0n) is 31.0. The van der Waals surface area contributed by atoms with Crippen molar-refractivity contribution in [2.75, 3.05) is 26.2 Å². The molecule has 0 saturated heterocycles. The molecular weight excluding hydrogens is 666 g/mol. The van der Waals surface area contributed by atoms with E-state index in [0.717, 1.165) is 22.3 Å². The first-order valence-electron chi connectivity index (χ1n) is 16.6. The molecule has 2 atom stereocenters. The fraction of sp³-hybridized carbons (Fsp3) is 0.350. The Bertz CT molecular complexity index is 1720. The van der Waals surface area contributed by atoms with Crippen LogP contribution in [0.15, 0.2) is 111 Å². The van der Waals surface area contributed by atoms with Crippen molar-refractivity contribution in [2.24, 2.45) is 0 Å². The number of hydrogen-bond acceptors (Lipinski definition) is 7. The van der Waals surface area contributed by atoms with E-state index in [4.69, 9.17) is 18.3 Å². The maximum atomic E-state index is 15.3. The van der Waals surface area contributed by atoms with Gasteiger partial charge in [-0.3, -0.25) is 9.46 Å². The summed E-state index contributed by atoms with van der Waals surface area (Å²) in [6, 6.07) is 18.3. The molecular formula is C40H54N2O6P2. The van der Waals surface area contributed by atoms with E-state index in [2.05, 4.69) is 26.3 Å². The van der Waals surface area contributed by atoms with Gasteiger partial charge in [0.25, 0.3) is 0 Å². The smallest absolute Gasteiger partial charge is 0.450 e. The van der Waals surface area contributed by atoms with Gasteiger partial charge in [-0.15, -0.1) is 26.3 Å². The van der Waals surface area contributed by atoms with E-state index in [1.54, 1.807) is 67.1 Å². The van der Waals surface area contributed by atoms with Crippen LogP contribution in [0.5, 0.6) is 23.0 Å². The van der Waals surface area contributed by atoms with Crippen molar-refractivity contribution in [3.05, 3.63) is 134 Å². The predicted molar refractivity (Wildman–Crippen MR) is 208 cm³/mol. The van der Waals surface area contributed by atoms with Crippen molar-refractivity contribution in [1.29, 1.82) is 0 Å². The molecule has 0 spiro atoms. The van der Waals surface area contributed by atoms with Crippen LogP contribution in [0, 0.1) is 27.7 Å². The Labute approximate surface area is 300 Å². The minimum absolute atomic E-state index is 0.248. The van der Waals surface area contributed by atoms with Gasteiger partial charge in [-0.05, 0) is 89.8 Å². The molecule has 3 aromatic rings. The number of benzene rings is 3. The van der Waals surface area contributed by atoms with E-state index in [9.17, 15) is 0 Å². The third-order valence-electron chi connectivity index (χ3n) is 8.52. The molecule has 2 unspecified atom stereocenters. The van der Waals surface area contributed by atoms with Crippen LogP contribution in [0.1, 0.15) is 49.9 Å². The number of para-hydroxylation sites is 2. The van der Waals surface area contributed by atoms with Gasteiger partial charge in [0.05, 0.1) is 0 Å². The van der Waals surface area contributed by atoms with E-state index < -0.39 is 25.7 Å². The first kappa shape index (κ1) is 40.6. The highest BCUT2D eigenvalue weighted by Crippen LogP contribution is 2.63. The monoisotopic (exact) mass is 720 g/mol. The highest BCUT2D eigenvalue weighted by atomic mass is 31.2. The van der Waals surface area contributed by atoms with Crippen LogP contribution in [-0.2, 0) is 9.13 Å². The summed E-state index contributed by atoms with van der Waals surface area (Å²) in [5.41, 5.74) is 3.34. The molecule has 0 radical (unpaired) electrons. The average molecular weight is 721 g/mol. The molecule has 0 amide bonds. The average Bonchev–Trinajstić information content (AvgIpc) is 3.04. The van der Waals surface area contributed by atoms with Gasteiger partial charge in [-0.25, -0.2) is 9.24 Å². The molecule has 0 saturated carbocycles.